The van der Waals surface area contributed by atoms with Crippen LogP contribution < -0.4 is 10.9 Å². The summed E-state index contributed by atoms with van der Waals surface area (Å²) in [6, 6.07) is 19.7. The number of hydrogen-bond donors (Lipinski definition) is 1. The lowest BCUT2D eigenvalue weighted by Gasteiger charge is -2.33. The third-order valence-electron chi connectivity index (χ3n) is 6.12. The third-order valence-corrected chi connectivity index (χ3v) is 6.12. The van der Waals surface area contributed by atoms with Gasteiger partial charge >= 0.3 is 0 Å². The van der Waals surface area contributed by atoms with E-state index in [4.69, 9.17) is 0 Å². The molecule has 1 aliphatic rings. The van der Waals surface area contributed by atoms with E-state index in [1.165, 1.54) is 5.56 Å². The molecule has 0 radical (unpaired) electrons. The predicted molar refractivity (Wildman–Crippen MR) is 133 cm³/mol. The number of nitrogens with one attached hydrogen (secondary N) is 1. The first kappa shape index (κ1) is 22.8. The fourth-order valence-electron chi connectivity index (χ4n) is 4.13. The van der Waals surface area contributed by atoms with E-state index in [9.17, 15) is 9.59 Å². The molecule has 2 heterocycles. The lowest BCUT2D eigenvalue weighted by molar-refractivity contribution is -0.117. The Labute approximate surface area is 194 Å². The predicted octanol–water partition coefficient (Wildman–Crippen LogP) is 2.75. The summed E-state index contributed by atoms with van der Waals surface area (Å²) in [6.45, 7) is 6.51. The number of benzene rings is 2. The quantitative estimate of drug-likeness (QED) is 0.608. The number of rotatable bonds is 7. The summed E-state index contributed by atoms with van der Waals surface area (Å²) in [6.07, 6.45) is 4.33. The van der Waals surface area contributed by atoms with Crippen LogP contribution in [0.15, 0.2) is 71.5 Å². The smallest absolute Gasteiger partial charge is 0.295 e. The normalized spacial score (nSPS) is 15.2. The Bertz CT molecular complexity index is 1160. The molecule has 0 spiro atoms. The van der Waals surface area contributed by atoms with Gasteiger partial charge in [-0.1, -0.05) is 60.7 Å². The Balaban J connectivity index is 1.30. The molecule has 1 fully saturated rings. The van der Waals surface area contributed by atoms with Crippen molar-refractivity contribution < 1.29 is 4.79 Å². The number of hydrogen-bond acceptors (Lipinski definition) is 4. The highest BCUT2D eigenvalue weighted by atomic mass is 16.2. The van der Waals surface area contributed by atoms with Crippen LogP contribution in [0.5, 0.6) is 0 Å². The van der Waals surface area contributed by atoms with Gasteiger partial charge < -0.3 is 5.32 Å². The van der Waals surface area contributed by atoms with Crippen LogP contribution in [0.2, 0.25) is 0 Å². The van der Waals surface area contributed by atoms with Crippen LogP contribution in [-0.2, 0) is 11.8 Å². The summed E-state index contributed by atoms with van der Waals surface area (Å²) in [5.41, 5.74) is 2.83. The second-order valence-corrected chi connectivity index (χ2v) is 8.37. The molecule has 0 bridgehead atoms. The number of carbonyl (C=O) groups excluding carboxylic acids is 1. The topological polar surface area (TPSA) is 62.5 Å². The Hall–Kier alpha value is -3.42. The highest BCUT2D eigenvalue weighted by Crippen LogP contribution is 2.14. The number of nitrogens with zero attached hydrogens (tertiary/aromatic N) is 4. The average molecular weight is 446 g/mol. The van der Waals surface area contributed by atoms with Crippen molar-refractivity contribution in [3.8, 4) is 5.69 Å². The highest BCUT2D eigenvalue weighted by molar-refractivity contribution is 5.92. The molecule has 172 valence electrons. The number of para-hydroxylation sites is 1. The van der Waals surface area contributed by atoms with Crippen LogP contribution in [0.4, 0.5) is 5.69 Å². The van der Waals surface area contributed by atoms with Gasteiger partial charge in [-0.25, -0.2) is 4.68 Å². The fourth-order valence-corrected chi connectivity index (χ4v) is 4.13. The number of piperazine rings is 1. The van der Waals surface area contributed by atoms with Crippen LogP contribution in [0.25, 0.3) is 11.8 Å². The van der Waals surface area contributed by atoms with Crippen LogP contribution >= 0.6 is 0 Å². The Morgan fingerprint density at radius 1 is 0.939 bits per heavy atom. The van der Waals surface area contributed by atoms with E-state index in [0.717, 1.165) is 44.1 Å². The summed E-state index contributed by atoms with van der Waals surface area (Å²) >= 11 is 0. The van der Waals surface area contributed by atoms with Gasteiger partial charge in [0.1, 0.15) is 5.69 Å². The van der Waals surface area contributed by atoms with Crippen molar-refractivity contribution >= 4 is 17.7 Å². The lowest BCUT2D eigenvalue weighted by atomic mass is 10.2. The molecule has 0 atom stereocenters. The molecule has 2 aromatic carbocycles. The Kier molecular flexibility index (Phi) is 7.22. The van der Waals surface area contributed by atoms with Crippen molar-refractivity contribution in [1.29, 1.82) is 0 Å². The second kappa shape index (κ2) is 10.5. The van der Waals surface area contributed by atoms with Crippen molar-refractivity contribution in [3.63, 3.8) is 0 Å². The number of anilines is 1. The molecule has 33 heavy (non-hydrogen) atoms. The van der Waals surface area contributed by atoms with Gasteiger partial charge in [0, 0.05) is 39.8 Å². The lowest BCUT2D eigenvalue weighted by Crippen LogP contribution is -2.48. The number of carbonyl (C=O) groups is 1. The zero-order valence-corrected chi connectivity index (χ0v) is 19.3. The summed E-state index contributed by atoms with van der Waals surface area (Å²) in [5.74, 6) is -0.154. The minimum Gasteiger partial charge on any atom is -0.319 e. The van der Waals surface area contributed by atoms with Gasteiger partial charge in [0.15, 0.2) is 0 Å². The largest absolute Gasteiger partial charge is 0.319 e. The molecule has 0 saturated carbocycles. The third kappa shape index (κ3) is 5.50. The number of amides is 1. The first-order valence-electron chi connectivity index (χ1n) is 11.3. The fraction of sp³-hybridized carbons (Fsp3) is 0.308. The Morgan fingerprint density at radius 2 is 1.55 bits per heavy atom. The van der Waals surface area contributed by atoms with Gasteiger partial charge in [-0.3, -0.25) is 24.1 Å². The molecule has 3 aromatic rings. The molecule has 7 nitrogen and oxygen atoms in total. The molecule has 1 aromatic heterocycles. The standard InChI is InChI=1S/C26H31N5O2/c1-21-25(26(33)31(28(21)2)23-13-7-4-8-14-23)27-24(32)20-30-18-16-29(17-19-30)15-9-12-22-10-5-3-6-11-22/h3-14H,15-20H2,1-2H3,(H,27,32). The minimum absolute atomic E-state index is 0.154. The van der Waals surface area contributed by atoms with E-state index in [0.29, 0.717) is 5.69 Å². The first-order chi connectivity index (χ1) is 16.0. The van der Waals surface area contributed by atoms with E-state index in [2.05, 4.69) is 39.4 Å². The van der Waals surface area contributed by atoms with Crippen LogP contribution in [0.3, 0.4) is 0 Å². The molecular weight excluding hydrogens is 414 g/mol. The van der Waals surface area contributed by atoms with Gasteiger partial charge in [-0.2, -0.15) is 0 Å². The monoisotopic (exact) mass is 445 g/mol. The summed E-state index contributed by atoms with van der Waals surface area (Å²) in [5, 5.41) is 2.86. The van der Waals surface area contributed by atoms with Crippen molar-refractivity contribution in [2.24, 2.45) is 7.05 Å². The molecule has 1 saturated heterocycles. The SMILES string of the molecule is Cc1c(NC(=O)CN2CCN(CC=Cc3ccccc3)CC2)c(=O)n(-c2ccccc2)n1C. The molecule has 1 aliphatic heterocycles. The van der Waals surface area contributed by atoms with E-state index in [-0.39, 0.29) is 18.0 Å². The molecule has 7 heteroatoms. The number of aromatic nitrogens is 2. The van der Waals surface area contributed by atoms with Crippen LogP contribution in [0, 0.1) is 6.92 Å². The highest BCUT2D eigenvalue weighted by Gasteiger charge is 2.21. The van der Waals surface area contributed by atoms with E-state index < -0.39 is 0 Å². The molecule has 4 rings (SSSR count). The minimum atomic E-state index is -0.218. The van der Waals surface area contributed by atoms with Gasteiger partial charge in [-0.15, -0.1) is 0 Å². The van der Waals surface area contributed by atoms with Crippen molar-refractivity contribution in [3.05, 3.63) is 88.4 Å². The van der Waals surface area contributed by atoms with E-state index >= 15 is 0 Å². The van der Waals surface area contributed by atoms with Crippen molar-refractivity contribution in [2.75, 3.05) is 44.6 Å². The van der Waals surface area contributed by atoms with Crippen molar-refractivity contribution in [2.45, 2.75) is 6.92 Å². The Morgan fingerprint density at radius 3 is 2.21 bits per heavy atom. The maximum absolute atomic E-state index is 13.0. The molecule has 0 aliphatic carbocycles. The average Bonchev–Trinajstić information content (AvgIpc) is 3.04. The maximum atomic E-state index is 13.0. The molecule has 0 unspecified atom stereocenters. The molecule has 1 N–H and O–H groups in total. The zero-order valence-electron chi connectivity index (χ0n) is 19.3. The summed E-state index contributed by atoms with van der Waals surface area (Å²) in [4.78, 5) is 30.2. The second-order valence-electron chi connectivity index (χ2n) is 8.37. The summed E-state index contributed by atoms with van der Waals surface area (Å²) in [7, 11) is 1.82. The van der Waals surface area contributed by atoms with Crippen LogP contribution in [-0.4, -0.2) is 64.3 Å². The maximum Gasteiger partial charge on any atom is 0.295 e. The van der Waals surface area contributed by atoms with Crippen LogP contribution in [0.1, 0.15) is 11.3 Å². The van der Waals surface area contributed by atoms with Gasteiger partial charge in [0.2, 0.25) is 5.91 Å². The first-order valence-corrected chi connectivity index (χ1v) is 11.3. The molecule has 1 amide bonds. The summed E-state index contributed by atoms with van der Waals surface area (Å²) < 4.78 is 3.35. The van der Waals surface area contributed by atoms with Crippen molar-refractivity contribution in [1.82, 2.24) is 19.2 Å². The van der Waals surface area contributed by atoms with Gasteiger partial charge in [0.05, 0.1) is 17.9 Å². The van der Waals surface area contributed by atoms with Gasteiger partial charge in [-0.05, 0) is 24.6 Å². The van der Waals surface area contributed by atoms with Gasteiger partial charge in [0.25, 0.3) is 5.56 Å². The van der Waals surface area contributed by atoms with E-state index in [1.807, 2.05) is 62.5 Å². The molecular formula is C26H31N5O2. The van der Waals surface area contributed by atoms with E-state index in [1.54, 1.807) is 9.36 Å². The zero-order chi connectivity index (χ0) is 23.2.